The average molecular weight is 498 g/mol. The fraction of sp³-hybridized carbons (Fsp3) is 0.381. The first kappa shape index (κ1) is 25.0. The van der Waals surface area contributed by atoms with Gasteiger partial charge in [0, 0.05) is 25.2 Å². The van der Waals surface area contributed by atoms with Gasteiger partial charge in [0.05, 0.1) is 37.2 Å². The summed E-state index contributed by atoms with van der Waals surface area (Å²) in [7, 11) is -6.00. The number of rotatable bonds is 9. The number of ether oxygens (including phenoxy) is 2. The van der Waals surface area contributed by atoms with Gasteiger partial charge < -0.3 is 14.8 Å². The van der Waals surface area contributed by atoms with Crippen LogP contribution in [0.3, 0.4) is 0 Å². The predicted molar refractivity (Wildman–Crippen MR) is 123 cm³/mol. The first-order chi connectivity index (χ1) is 15.6. The minimum absolute atomic E-state index is 0.0437. The van der Waals surface area contributed by atoms with Crippen molar-refractivity contribution in [3.8, 4) is 5.75 Å². The molecule has 180 valence electrons. The number of benzene rings is 2. The summed E-state index contributed by atoms with van der Waals surface area (Å²) in [5, 5.41) is 2.69. The first-order valence-electron chi connectivity index (χ1n) is 10.2. The zero-order valence-corrected chi connectivity index (χ0v) is 20.1. The number of morpholine rings is 1. The molecule has 1 heterocycles. The molecule has 12 heteroatoms. The second kappa shape index (κ2) is 10.5. The molecule has 1 amide bonds. The van der Waals surface area contributed by atoms with Crippen LogP contribution in [0.2, 0.25) is 0 Å². The Balaban J connectivity index is 1.73. The van der Waals surface area contributed by atoms with Crippen molar-refractivity contribution in [3.05, 3.63) is 54.1 Å². The van der Waals surface area contributed by atoms with E-state index < -0.39 is 32.5 Å². The number of anilines is 1. The van der Waals surface area contributed by atoms with Crippen molar-refractivity contribution >= 4 is 31.6 Å². The largest absolute Gasteiger partial charge is 0.496 e. The minimum Gasteiger partial charge on any atom is -0.496 e. The van der Waals surface area contributed by atoms with E-state index in [4.69, 9.17) is 9.47 Å². The van der Waals surface area contributed by atoms with Gasteiger partial charge in [0.1, 0.15) is 12.3 Å². The molecule has 2 aromatic rings. The van der Waals surface area contributed by atoms with Gasteiger partial charge in [-0.2, -0.15) is 4.31 Å². The number of nitrogens with zero attached hydrogens (tertiary/aromatic N) is 2. The Morgan fingerprint density at radius 3 is 2.30 bits per heavy atom. The third-order valence-corrected chi connectivity index (χ3v) is 8.14. The lowest BCUT2D eigenvalue weighted by Crippen LogP contribution is -2.41. The Bertz CT molecular complexity index is 1180. The number of nitrogens with one attached hydrogen (secondary N) is 1. The number of sulfonamides is 2. The highest BCUT2D eigenvalue weighted by Gasteiger charge is 2.27. The van der Waals surface area contributed by atoms with Crippen LogP contribution in [0.1, 0.15) is 5.56 Å². The zero-order valence-electron chi connectivity index (χ0n) is 18.4. The Hall–Kier alpha value is -2.67. The zero-order chi connectivity index (χ0) is 24.1. The summed E-state index contributed by atoms with van der Waals surface area (Å²) < 4.78 is 63.0. The van der Waals surface area contributed by atoms with E-state index in [1.807, 2.05) is 0 Å². The molecule has 0 atom stereocenters. The van der Waals surface area contributed by atoms with E-state index in [2.05, 4.69) is 5.32 Å². The molecule has 1 aliphatic rings. The number of methoxy groups -OCH3 is 1. The van der Waals surface area contributed by atoms with E-state index in [9.17, 15) is 21.6 Å². The Labute approximate surface area is 194 Å². The lowest BCUT2D eigenvalue weighted by Gasteiger charge is -2.26. The molecule has 1 saturated heterocycles. The van der Waals surface area contributed by atoms with Gasteiger partial charge in [-0.05, 0) is 30.3 Å². The van der Waals surface area contributed by atoms with Crippen LogP contribution in [-0.2, 0) is 36.1 Å². The molecule has 0 unspecified atom stereocenters. The summed E-state index contributed by atoms with van der Waals surface area (Å²) >= 11 is 0. The number of hydrogen-bond acceptors (Lipinski definition) is 7. The molecule has 0 saturated carbocycles. The number of carbonyl (C=O) groups is 1. The van der Waals surface area contributed by atoms with E-state index in [1.54, 1.807) is 24.3 Å². The fourth-order valence-electron chi connectivity index (χ4n) is 3.35. The van der Waals surface area contributed by atoms with Crippen molar-refractivity contribution in [1.82, 2.24) is 9.62 Å². The topological polar surface area (TPSA) is 122 Å². The molecule has 1 aliphatic heterocycles. The summed E-state index contributed by atoms with van der Waals surface area (Å²) in [5.74, 6) is 0.0891. The molecule has 0 aliphatic carbocycles. The summed E-state index contributed by atoms with van der Waals surface area (Å²) in [4.78, 5) is 12.6. The van der Waals surface area contributed by atoms with Gasteiger partial charge >= 0.3 is 0 Å². The van der Waals surface area contributed by atoms with Crippen LogP contribution in [-0.4, -0.2) is 73.3 Å². The maximum Gasteiger partial charge on any atom is 0.243 e. The van der Waals surface area contributed by atoms with E-state index in [0.29, 0.717) is 19.0 Å². The van der Waals surface area contributed by atoms with Crippen molar-refractivity contribution in [2.24, 2.45) is 0 Å². The highest BCUT2D eigenvalue weighted by atomic mass is 32.2. The minimum atomic E-state index is -3.81. The van der Waals surface area contributed by atoms with Crippen molar-refractivity contribution in [2.45, 2.75) is 11.4 Å². The van der Waals surface area contributed by atoms with Crippen LogP contribution in [0.25, 0.3) is 0 Å². The molecule has 0 aromatic heterocycles. The lowest BCUT2D eigenvalue weighted by molar-refractivity contribution is -0.119. The molecule has 2 aromatic carbocycles. The maximum atomic E-state index is 12.8. The third kappa shape index (κ3) is 6.22. The van der Waals surface area contributed by atoms with E-state index in [1.165, 1.54) is 35.7 Å². The quantitative estimate of drug-likeness (QED) is 0.544. The maximum absolute atomic E-state index is 12.8. The van der Waals surface area contributed by atoms with Gasteiger partial charge in [0.2, 0.25) is 26.0 Å². The highest BCUT2D eigenvalue weighted by molar-refractivity contribution is 7.92. The fourth-order valence-corrected chi connectivity index (χ4v) is 5.61. The molecule has 1 N–H and O–H groups in total. The van der Waals surface area contributed by atoms with Crippen molar-refractivity contribution < 1.29 is 31.1 Å². The van der Waals surface area contributed by atoms with Crippen LogP contribution >= 0.6 is 0 Å². The van der Waals surface area contributed by atoms with E-state index in [0.717, 1.165) is 16.1 Å². The van der Waals surface area contributed by atoms with E-state index >= 15 is 0 Å². The molecule has 3 rings (SSSR count). The number of para-hydroxylation sites is 1. The molecule has 0 bridgehead atoms. The Morgan fingerprint density at radius 2 is 1.70 bits per heavy atom. The second-order valence-corrected chi connectivity index (χ2v) is 11.2. The Kier molecular flexibility index (Phi) is 7.95. The molecule has 0 spiro atoms. The van der Waals surface area contributed by atoms with Crippen molar-refractivity contribution in [2.75, 3.05) is 50.5 Å². The molecular weight excluding hydrogens is 470 g/mol. The van der Waals surface area contributed by atoms with Crippen molar-refractivity contribution in [3.63, 3.8) is 0 Å². The first-order valence-corrected chi connectivity index (χ1v) is 13.5. The number of amides is 1. The molecule has 1 fully saturated rings. The van der Waals surface area contributed by atoms with Crippen LogP contribution in [0.5, 0.6) is 5.75 Å². The molecule has 33 heavy (non-hydrogen) atoms. The second-order valence-electron chi connectivity index (χ2n) is 7.37. The van der Waals surface area contributed by atoms with Gasteiger partial charge in [-0.25, -0.2) is 16.8 Å². The van der Waals surface area contributed by atoms with Crippen LogP contribution in [0, 0.1) is 0 Å². The average Bonchev–Trinajstić information content (AvgIpc) is 2.81. The monoisotopic (exact) mass is 497 g/mol. The van der Waals surface area contributed by atoms with Gasteiger partial charge in [0.25, 0.3) is 0 Å². The van der Waals surface area contributed by atoms with Crippen molar-refractivity contribution in [1.29, 1.82) is 0 Å². The summed E-state index contributed by atoms with van der Waals surface area (Å²) in [6, 6.07) is 12.6. The highest BCUT2D eigenvalue weighted by Crippen LogP contribution is 2.23. The Morgan fingerprint density at radius 1 is 1.06 bits per heavy atom. The number of hydrogen-bond donors (Lipinski definition) is 1. The van der Waals surface area contributed by atoms with Crippen LogP contribution < -0.4 is 14.4 Å². The third-order valence-electron chi connectivity index (χ3n) is 5.09. The standard InChI is InChI=1S/C21H27N3O7S2/c1-30-20-6-4-3-5-17(20)15-22-21(25)16-24(32(2,26)27)18-7-9-19(10-8-18)33(28,29)23-11-13-31-14-12-23/h3-10H,11-16H2,1-2H3,(H,22,25). The smallest absolute Gasteiger partial charge is 0.243 e. The SMILES string of the molecule is COc1ccccc1CNC(=O)CN(c1ccc(S(=O)(=O)N2CCOCC2)cc1)S(C)(=O)=O. The summed E-state index contributed by atoms with van der Waals surface area (Å²) in [6.45, 7) is 0.866. The molecule has 0 radical (unpaired) electrons. The van der Waals surface area contributed by atoms with Crippen LogP contribution in [0.4, 0.5) is 5.69 Å². The summed E-state index contributed by atoms with van der Waals surface area (Å²) in [5.41, 5.74) is 0.933. The van der Waals surface area contributed by atoms with Gasteiger partial charge in [0.15, 0.2) is 0 Å². The number of carbonyl (C=O) groups excluding carboxylic acids is 1. The lowest BCUT2D eigenvalue weighted by atomic mass is 10.2. The van der Waals surface area contributed by atoms with Gasteiger partial charge in [-0.3, -0.25) is 9.10 Å². The molecular formula is C21H27N3O7S2. The normalized spacial score (nSPS) is 15.1. The molecule has 10 nitrogen and oxygen atoms in total. The summed E-state index contributed by atoms with van der Waals surface area (Å²) in [6.07, 6.45) is 0.985. The van der Waals surface area contributed by atoms with Gasteiger partial charge in [-0.15, -0.1) is 0 Å². The van der Waals surface area contributed by atoms with E-state index in [-0.39, 0.29) is 30.2 Å². The van der Waals surface area contributed by atoms with Gasteiger partial charge in [-0.1, -0.05) is 18.2 Å². The van der Waals surface area contributed by atoms with Crippen LogP contribution in [0.15, 0.2) is 53.4 Å². The predicted octanol–water partition coefficient (Wildman–Crippen LogP) is 0.799.